The first-order valence-corrected chi connectivity index (χ1v) is 5.59. The largest absolute Gasteiger partial charge is 0.475 e. The number of aromatic amines is 1. The minimum absolute atomic E-state index is 0.117. The van der Waals surface area contributed by atoms with Crippen LogP contribution in [0.3, 0.4) is 0 Å². The highest BCUT2D eigenvalue weighted by Gasteiger charge is 2.13. The lowest BCUT2D eigenvalue weighted by Gasteiger charge is -2.04. The van der Waals surface area contributed by atoms with E-state index in [9.17, 15) is 9.59 Å². The Morgan fingerprint density at radius 3 is 2.72 bits per heavy atom. The van der Waals surface area contributed by atoms with Crippen molar-refractivity contribution in [2.75, 3.05) is 0 Å². The van der Waals surface area contributed by atoms with E-state index in [2.05, 4.69) is 4.98 Å². The summed E-state index contributed by atoms with van der Waals surface area (Å²) in [5.74, 6) is -0.788. The number of furan rings is 1. The number of H-pyrrole nitrogens is 1. The minimum Gasteiger partial charge on any atom is -0.475 e. The molecule has 0 amide bonds. The lowest BCUT2D eigenvalue weighted by molar-refractivity contribution is 0.0663. The van der Waals surface area contributed by atoms with E-state index in [1.54, 1.807) is 19.1 Å². The Hall–Kier alpha value is -2.30. The molecule has 2 aromatic rings. The van der Waals surface area contributed by atoms with Crippen LogP contribution in [0.5, 0.6) is 0 Å². The van der Waals surface area contributed by atoms with E-state index in [1.807, 2.05) is 6.92 Å². The smallest absolute Gasteiger partial charge is 0.371 e. The van der Waals surface area contributed by atoms with Gasteiger partial charge >= 0.3 is 5.97 Å². The molecule has 5 nitrogen and oxygen atoms in total. The lowest BCUT2D eigenvalue weighted by Crippen LogP contribution is -2.13. The summed E-state index contributed by atoms with van der Waals surface area (Å²) in [6.07, 6.45) is 0.606. The third-order valence-corrected chi connectivity index (χ3v) is 2.78. The van der Waals surface area contributed by atoms with Gasteiger partial charge in [0, 0.05) is 16.8 Å². The van der Waals surface area contributed by atoms with Crippen molar-refractivity contribution in [1.29, 1.82) is 0 Å². The molecule has 5 heteroatoms. The average molecular weight is 247 g/mol. The number of aromatic carboxylic acids is 1. The monoisotopic (exact) mass is 247 g/mol. The molecule has 2 aromatic heterocycles. The molecule has 0 saturated carbocycles. The molecule has 0 aliphatic heterocycles. The van der Waals surface area contributed by atoms with Crippen molar-refractivity contribution in [3.05, 3.63) is 45.6 Å². The van der Waals surface area contributed by atoms with E-state index < -0.39 is 5.97 Å². The predicted molar refractivity (Wildman–Crippen MR) is 65.8 cm³/mol. The van der Waals surface area contributed by atoms with E-state index in [0.717, 1.165) is 0 Å². The molecule has 0 atom stereocenters. The third kappa shape index (κ3) is 2.07. The summed E-state index contributed by atoms with van der Waals surface area (Å²) in [4.78, 5) is 25.1. The van der Waals surface area contributed by atoms with Gasteiger partial charge in [0.2, 0.25) is 5.76 Å². The Labute approximate surface area is 103 Å². The highest BCUT2D eigenvalue weighted by atomic mass is 16.4. The van der Waals surface area contributed by atoms with E-state index in [0.29, 0.717) is 29.0 Å². The van der Waals surface area contributed by atoms with Crippen LogP contribution in [0.25, 0.3) is 11.3 Å². The fourth-order valence-electron chi connectivity index (χ4n) is 1.78. The van der Waals surface area contributed by atoms with Crippen molar-refractivity contribution in [2.45, 2.75) is 20.3 Å². The summed E-state index contributed by atoms with van der Waals surface area (Å²) < 4.78 is 5.23. The van der Waals surface area contributed by atoms with Crippen LogP contribution in [-0.2, 0) is 6.42 Å². The number of pyridine rings is 1. The van der Waals surface area contributed by atoms with Gasteiger partial charge in [0.1, 0.15) is 5.76 Å². The Kier molecular flexibility index (Phi) is 3.06. The van der Waals surface area contributed by atoms with Crippen molar-refractivity contribution >= 4 is 5.97 Å². The molecule has 94 valence electrons. The highest BCUT2D eigenvalue weighted by molar-refractivity contribution is 5.85. The normalized spacial score (nSPS) is 10.6. The summed E-state index contributed by atoms with van der Waals surface area (Å²) in [6.45, 7) is 3.63. The van der Waals surface area contributed by atoms with Gasteiger partial charge in [-0.25, -0.2) is 4.79 Å². The van der Waals surface area contributed by atoms with Gasteiger partial charge in [0.05, 0.1) is 0 Å². The maximum atomic E-state index is 11.6. The molecule has 2 N–H and O–H groups in total. The molecule has 0 unspecified atom stereocenters. The van der Waals surface area contributed by atoms with Crippen molar-refractivity contribution < 1.29 is 14.3 Å². The van der Waals surface area contributed by atoms with E-state index in [1.165, 1.54) is 6.07 Å². The fourth-order valence-corrected chi connectivity index (χ4v) is 1.78. The zero-order valence-corrected chi connectivity index (χ0v) is 10.1. The van der Waals surface area contributed by atoms with Gasteiger partial charge in [-0.1, -0.05) is 6.92 Å². The van der Waals surface area contributed by atoms with E-state index in [4.69, 9.17) is 9.52 Å². The van der Waals surface area contributed by atoms with Gasteiger partial charge in [-0.05, 0) is 31.5 Å². The van der Waals surface area contributed by atoms with Crippen LogP contribution in [-0.4, -0.2) is 16.1 Å². The van der Waals surface area contributed by atoms with Gasteiger partial charge in [-0.3, -0.25) is 4.79 Å². The first-order valence-electron chi connectivity index (χ1n) is 5.59. The number of rotatable bonds is 3. The van der Waals surface area contributed by atoms with Gasteiger partial charge in [0.25, 0.3) is 5.56 Å². The van der Waals surface area contributed by atoms with Crippen LogP contribution in [0.2, 0.25) is 0 Å². The first-order chi connectivity index (χ1) is 8.52. The Morgan fingerprint density at radius 2 is 2.17 bits per heavy atom. The number of hydrogen-bond donors (Lipinski definition) is 2. The molecule has 2 heterocycles. The molecular weight excluding hydrogens is 234 g/mol. The topological polar surface area (TPSA) is 83.3 Å². The number of carboxylic acid groups (broad SMARTS) is 1. The van der Waals surface area contributed by atoms with Crippen molar-refractivity contribution in [2.24, 2.45) is 0 Å². The van der Waals surface area contributed by atoms with Crippen molar-refractivity contribution in [3.63, 3.8) is 0 Å². The van der Waals surface area contributed by atoms with Crippen LogP contribution < -0.4 is 5.56 Å². The van der Waals surface area contributed by atoms with Crippen molar-refractivity contribution in [3.8, 4) is 11.3 Å². The fraction of sp³-hybridized carbons (Fsp3) is 0.231. The number of carboxylic acids is 1. The van der Waals surface area contributed by atoms with Gasteiger partial charge in [-0.15, -0.1) is 0 Å². The van der Waals surface area contributed by atoms with E-state index in [-0.39, 0.29) is 11.3 Å². The number of nitrogens with one attached hydrogen (secondary N) is 1. The molecular formula is C13H13NO4. The van der Waals surface area contributed by atoms with Gasteiger partial charge < -0.3 is 14.5 Å². The molecule has 18 heavy (non-hydrogen) atoms. The summed E-state index contributed by atoms with van der Waals surface area (Å²) in [6, 6.07) is 4.72. The van der Waals surface area contributed by atoms with Crippen LogP contribution in [0, 0.1) is 6.92 Å². The molecule has 0 radical (unpaired) electrons. The Bertz CT molecular complexity index is 651. The molecule has 0 aromatic carbocycles. The first kappa shape index (κ1) is 12.2. The standard InChI is InChI=1S/C13H13NO4/c1-3-8-6-9(7(2)14-12(8)15)10-4-5-11(18-10)13(16)17/h4-6H,3H2,1-2H3,(H,14,15)(H,16,17). The Balaban J connectivity index is 2.55. The van der Waals surface area contributed by atoms with Gasteiger partial charge in [-0.2, -0.15) is 0 Å². The molecule has 0 spiro atoms. The molecule has 0 aliphatic carbocycles. The number of carbonyl (C=O) groups is 1. The molecule has 0 aliphatic rings. The zero-order chi connectivity index (χ0) is 13.3. The third-order valence-electron chi connectivity index (χ3n) is 2.78. The Morgan fingerprint density at radius 1 is 1.44 bits per heavy atom. The lowest BCUT2D eigenvalue weighted by atomic mass is 10.1. The van der Waals surface area contributed by atoms with E-state index >= 15 is 0 Å². The number of aromatic nitrogens is 1. The number of hydrogen-bond acceptors (Lipinski definition) is 3. The van der Waals surface area contributed by atoms with Crippen LogP contribution in [0.4, 0.5) is 0 Å². The predicted octanol–water partition coefficient (Wildman–Crippen LogP) is 2.20. The second kappa shape index (κ2) is 4.52. The SMILES string of the molecule is CCc1cc(-c2ccc(C(=O)O)o2)c(C)[nH]c1=O. The zero-order valence-electron chi connectivity index (χ0n) is 10.1. The van der Waals surface area contributed by atoms with Gasteiger partial charge in [0.15, 0.2) is 0 Å². The minimum atomic E-state index is -1.11. The second-order valence-corrected chi connectivity index (χ2v) is 3.98. The summed E-state index contributed by atoms with van der Waals surface area (Å²) in [5, 5.41) is 8.81. The van der Waals surface area contributed by atoms with Crippen molar-refractivity contribution in [1.82, 2.24) is 4.98 Å². The van der Waals surface area contributed by atoms with Crippen LogP contribution >= 0.6 is 0 Å². The summed E-state index contributed by atoms with van der Waals surface area (Å²) >= 11 is 0. The highest BCUT2D eigenvalue weighted by Crippen LogP contribution is 2.24. The molecule has 0 fully saturated rings. The number of aryl methyl sites for hydroxylation is 2. The molecule has 0 bridgehead atoms. The quantitative estimate of drug-likeness (QED) is 0.870. The summed E-state index contributed by atoms with van der Waals surface area (Å²) in [7, 11) is 0. The second-order valence-electron chi connectivity index (χ2n) is 3.98. The maximum Gasteiger partial charge on any atom is 0.371 e. The summed E-state index contributed by atoms with van der Waals surface area (Å²) in [5.41, 5.74) is 1.88. The van der Waals surface area contributed by atoms with Crippen LogP contribution in [0.15, 0.2) is 27.4 Å². The molecule has 2 rings (SSSR count). The average Bonchev–Trinajstić information content (AvgIpc) is 2.78. The van der Waals surface area contributed by atoms with Crippen LogP contribution in [0.1, 0.15) is 28.7 Å². The maximum absolute atomic E-state index is 11.6. The molecule has 0 saturated heterocycles.